The number of nitro benzene ring substituents is 1. The molecule has 3 aromatic carbocycles. The molecule has 0 aliphatic heterocycles. The molecule has 0 radical (unpaired) electrons. The van der Waals surface area contributed by atoms with Crippen LogP contribution >= 0.6 is 0 Å². The quantitative estimate of drug-likeness (QED) is 0.0387. The summed E-state index contributed by atoms with van der Waals surface area (Å²) in [5.74, 6) is -4.50. The lowest BCUT2D eigenvalue weighted by Gasteiger charge is -2.16. The number of carbonyl (C=O) groups excluding carboxylic acids is 3. The molecule has 0 saturated heterocycles. The largest absolute Gasteiger partial charge is 0.493 e. The molecule has 17 nitrogen and oxygen atoms in total. The Hall–Kier alpha value is -7.64. The summed E-state index contributed by atoms with van der Waals surface area (Å²) in [6, 6.07) is 17.7. The molecule has 0 spiro atoms. The fraction of sp³-hybridized carbons (Fsp3) is 0.279. The molecule has 328 valence electrons. The standard InChI is InChI=1S/C43H40F3N7O10/c1-22(2)20-62-34-17-29(39(54)52-28-13-5-9-24-33(19-31(41(56)57)50-37(24)28)61-16-8-15-47-42(58)43(44,45)46)48-36-25(34)10-6-12-27(36)51-40(55)30-18-35(63-21-23(3)4)26-11-7-14-32(53(59)60)38(26)49-30/h5-7,9-14,17-19,22-23H,8,15-16,20-21H2,1-4H3,(H,47,58)(H,51,55)(H,52,54)(H,56,57). The van der Waals surface area contributed by atoms with Crippen LogP contribution in [-0.2, 0) is 4.79 Å². The van der Waals surface area contributed by atoms with Crippen LogP contribution in [0.1, 0.15) is 65.6 Å². The summed E-state index contributed by atoms with van der Waals surface area (Å²) in [5.41, 5.74) is -0.926. The van der Waals surface area contributed by atoms with E-state index in [0.29, 0.717) is 10.8 Å². The van der Waals surface area contributed by atoms with Gasteiger partial charge in [0.15, 0.2) is 11.2 Å². The van der Waals surface area contributed by atoms with Gasteiger partial charge in [-0.1, -0.05) is 45.9 Å². The molecule has 0 bridgehead atoms. The molecule has 20 heteroatoms. The molecule has 3 amide bonds. The lowest BCUT2D eigenvalue weighted by Crippen LogP contribution is -2.37. The molecule has 0 unspecified atom stereocenters. The zero-order valence-corrected chi connectivity index (χ0v) is 34.2. The number of alkyl halides is 3. The van der Waals surface area contributed by atoms with Crippen LogP contribution in [0.4, 0.5) is 30.2 Å². The maximum absolute atomic E-state index is 14.1. The van der Waals surface area contributed by atoms with Gasteiger partial charge in [-0.15, -0.1) is 0 Å². The third kappa shape index (κ3) is 10.6. The van der Waals surface area contributed by atoms with Gasteiger partial charge in [-0.3, -0.25) is 24.5 Å². The molecule has 0 aliphatic rings. The highest BCUT2D eigenvalue weighted by Gasteiger charge is 2.38. The van der Waals surface area contributed by atoms with Crippen LogP contribution in [0.5, 0.6) is 17.2 Å². The van der Waals surface area contributed by atoms with E-state index in [0.717, 1.165) is 6.07 Å². The highest BCUT2D eigenvalue weighted by atomic mass is 19.4. The Bertz CT molecular complexity index is 2760. The number of aromatic carboxylic acids is 1. The minimum absolute atomic E-state index is 0.00153. The maximum Gasteiger partial charge on any atom is 0.471 e. The number of carboxylic acids is 1. The number of non-ortho nitro benzene ring substituents is 1. The number of benzene rings is 3. The fourth-order valence-electron chi connectivity index (χ4n) is 6.13. The van der Waals surface area contributed by atoms with Crippen LogP contribution in [0.3, 0.4) is 0 Å². The van der Waals surface area contributed by atoms with E-state index >= 15 is 0 Å². The molecule has 6 rings (SSSR count). The molecule has 0 atom stereocenters. The van der Waals surface area contributed by atoms with Crippen molar-refractivity contribution in [2.45, 2.75) is 40.3 Å². The van der Waals surface area contributed by atoms with Crippen molar-refractivity contribution in [3.8, 4) is 17.2 Å². The van der Waals surface area contributed by atoms with Crippen LogP contribution in [0.2, 0.25) is 0 Å². The zero-order chi connectivity index (χ0) is 45.6. The number of nitrogens with one attached hydrogen (secondary N) is 3. The lowest BCUT2D eigenvalue weighted by atomic mass is 10.1. The van der Waals surface area contributed by atoms with Gasteiger partial charge in [0.25, 0.3) is 17.5 Å². The SMILES string of the molecule is CC(C)COc1cc(C(=O)Nc2cccc3c(OCCCNC(=O)C(F)(F)F)cc(C(=O)O)nc23)nc2c(NC(=O)c3cc(OCC(C)C)c4cccc([N+](=O)[O-])c4n3)cccc12. The second-order valence-corrected chi connectivity index (χ2v) is 14.9. The van der Waals surface area contributed by atoms with Crippen molar-refractivity contribution < 1.29 is 56.6 Å². The number of ether oxygens (including phenoxy) is 3. The highest BCUT2D eigenvalue weighted by molar-refractivity contribution is 6.13. The number of fused-ring (bicyclic) bond motifs is 3. The summed E-state index contributed by atoms with van der Waals surface area (Å²) >= 11 is 0. The minimum Gasteiger partial charge on any atom is -0.493 e. The smallest absolute Gasteiger partial charge is 0.471 e. The molecule has 6 aromatic rings. The average Bonchev–Trinajstić information content (AvgIpc) is 3.23. The molecule has 3 aromatic heterocycles. The van der Waals surface area contributed by atoms with E-state index in [1.54, 1.807) is 23.5 Å². The summed E-state index contributed by atoms with van der Waals surface area (Å²) in [6.45, 7) is 7.59. The number of halogens is 3. The number of carbonyl (C=O) groups is 4. The number of amides is 3. The first-order valence-corrected chi connectivity index (χ1v) is 19.5. The van der Waals surface area contributed by atoms with Crippen LogP contribution in [0.15, 0.2) is 72.8 Å². The summed E-state index contributed by atoms with van der Waals surface area (Å²) in [6.07, 6.45) is -5.11. The topological polar surface area (TPSA) is 234 Å². The van der Waals surface area contributed by atoms with Crippen molar-refractivity contribution >= 4 is 73.5 Å². The van der Waals surface area contributed by atoms with E-state index in [1.807, 2.05) is 27.7 Å². The Morgan fingerprint density at radius 1 is 0.698 bits per heavy atom. The van der Waals surface area contributed by atoms with Crippen LogP contribution < -0.4 is 30.2 Å². The molecular formula is C43H40F3N7O10. The zero-order valence-electron chi connectivity index (χ0n) is 34.2. The number of hydrogen-bond acceptors (Lipinski definition) is 12. The van der Waals surface area contributed by atoms with Gasteiger partial charge >= 0.3 is 18.1 Å². The molecule has 63 heavy (non-hydrogen) atoms. The van der Waals surface area contributed by atoms with E-state index in [2.05, 4.69) is 25.6 Å². The third-order valence-electron chi connectivity index (χ3n) is 9.03. The number of nitro groups is 1. The Morgan fingerprint density at radius 3 is 1.62 bits per heavy atom. The summed E-state index contributed by atoms with van der Waals surface area (Å²) in [5, 5.41) is 30.0. The van der Waals surface area contributed by atoms with Gasteiger partial charge in [0.2, 0.25) is 0 Å². The maximum atomic E-state index is 14.1. The van der Waals surface area contributed by atoms with Crippen molar-refractivity contribution in [1.29, 1.82) is 0 Å². The van der Waals surface area contributed by atoms with Gasteiger partial charge in [-0.25, -0.2) is 19.7 Å². The summed E-state index contributed by atoms with van der Waals surface area (Å²) in [7, 11) is 0. The summed E-state index contributed by atoms with van der Waals surface area (Å²) < 4.78 is 55.5. The first kappa shape index (κ1) is 44.9. The van der Waals surface area contributed by atoms with Crippen LogP contribution in [-0.4, -0.2) is 81.2 Å². The highest BCUT2D eigenvalue weighted by Crippen LogP contribution is 2.35. The van der Waals surface area contributed by atoms with Crippen molar-refractivity contribution in [2.24, 2.45) is 11.8 Å². The van der Waals surface area contributed by atoms with E-state index < -0.39 is 40.5 Å². The van der Waals surface area contributed by atoms with Crippen LogP contribution in [0.25, 0.3) is 32.7 Å². The molecule has 0 aliphatic carbocycles. The molecule has 0 fully saturated rings. The normalized spacial score (nSPS) is 11.5. The van der Waals surface area contributed by atoms with Crippen LogP contribution in [0, 0.1) is 22.0 Å². The predicted octanol–water partition coefficient (Wildman–Crippen LogP) is 7.96. The first-order valence-electron chi connectivity index (χ1n) is 19.5. The number of aromatic nitrogens is 3. The van der Waals surface area contributed by atoms with Crippen molar-refractivity contribution in [1.82, 2.24) is 20.3 Å². The molecular weight excluding hydrogens is 832 g/mol. The lowest BCUT2D eigenvalue weighted by molar-refractivity contribution is -0.383. The predicted molar refractivity (Wildman–Crippen MR) is 225 cm³/mol. The van der Waals surface area contributed by atoms with Gasteiger partial charge in [0.05, 0.1) is 47.2 Å². The number of para-hydroxylation sites is 3. The molecule has 4 N–H and O–H groups in total. The number of anilines is 2. The molecule has 0 saturated carbocycles. The van der Waals surface area contributed by atoms with Gasteiger partial charge in [-0.05, 0) is 48.6 Å². The number of carboxylic acid groups (broad SMARTS) is 1. The van der Waals surface area contributed by atoms with E-state index in [-0.39, 0.29) is 112 Å². The Morgan fingerprint density at radius 2 is 1.14 bits per heavy atom. The van der Waals surface area contributed by atoms with Gasteiger partial charge in [0.1, 0.15) is 28.6 Å². The number of pyridine rings is 3. The van der Waals surface area contributed by atoms with Crippen molar-refractivity contribution in [3.05, 3.63) is 100.0 Å². The van der Waals surface area contributed by atoms with Gasteiger partial charge in [-0.2, -0.15) is 13.2 Å². The second kappa shape index (κ2) is 19.0. The first-order chi connectivity index (χ1) is 29.9. The van der Waals surface area contributed by atoms with E-state index in [4.69, 9.17) is 14.2 Å². The Balaban J connectivity index is 1.34. The van der Waals surface area contributed by atoms with Crippen molar-refractivity contribution in [3.63, 3.8) is 0 Å². The monoisotopic (exact) mass is 871 g/mol. The van der Waals surface area contributed by atoms with E-state index in [9.17, 15) is 47.6 Å². The Kier molecular flexibility index (Phi) is 13.5. The average molecular weight is 872 g/mol. The number of rotatable bonds is 17. The number of nitrogens with zero attached hydrogens (tertiary/aromatic N) is 4. The summed E-state index contributed by atoms with van der Waals surface area (Å²) in [4.78, 5) is 75.8. The van der Waals surface area contributed by atoms with Gasteiger partial charge < -0.3 is 35.3 Å². The fourth-order valence-corrected chi connectivity index (χ4v) is 6.13. The minimum atomic E-state index is -5.05. The van der Waals surface area contributed by atoms with E-state index in [1.165, 1.54) is 48.5 Å². The molecule has 3 heterocycles. The van der Waals surface area contributed by atoms with Gasteiger partial charge in [0, 0.05) is 47.0 Å². The van der Waals surface area contributed by atoms with Crippen molar-refractivity contribution in [2.75, 3.05) is 37.0 Å². The third-order valence-corrected chi connectivity index (χ3v) is 9.03. The second-order valence-electron chi connectivity index (χ2n) is 14.9. The Labute approximate surface area is 356 Å². The number of hydrogen-bond donors (Lipinski definition) is 4.